The van der Waals surface area contributed by atoms with Crippen LogP contribution in [0.5, 0.6) is 0 Å². The number of halogens is 2. The number of hydrogen-bond donors (Lipinski definition) is 0. The second kappa shape index (κ2) is 5.68. The Morgan fingerprint density at radius 2 is 1.67 bits per heavy atom. The topological polar surface area (TPSA) is 44.1 Å². The van der Waals surface area contributed by atoms with Gasteiger partial charge in [-0.15, -0.1) is 0 Å². The fourth-order valence-corrected chi connectivity index (χ4v) is 6.52. The highest BCUT2D eigenvalue weighted by Gasteiger charge is 2.56. The minimum absolute atomic E-state index is 0.0932. The number of nitriles is 1. The lowest BCUT2D eigenvalue weighted by Crippen LogP contribution is -2.62. The van der Waals surface area contributed by atoms with Crippen LogP contribution in [0.4, 0.5) is 8.78 Å². The first kappa shape index (κ1) is 16.3. The van der Waals surface area contributed by atoms with Gasteiger partial charge in [0.2, 0.25) is 11.8 Å². The van der Waals surface area contributed by atoms with Crippen LogP contribution in [0.1, 0.15) is 64.2 Å². The first-order chi connectivity index (χ1) is 11.4. The molecule has 1 atom stereocenters. The van der Waals surface area contributed by atoms with E-state index in [1.807, 2.05) is 4.90 Å². The summed E-state index contributed by atoms with van der Waals surface area (Å²) in [6.45, 7) is 0.420. The van der Waals surface area contributed by atoms with Gasteiger partial charge >= 0.3 is 0 Å². The standard InChI is InChI=1S/C19H26F2N2O/c20-19(21)3-2-16(12-19)17(24)23(5-1-4-22)18-9-13-6-14(10-18)8-15(7-13)11-18/h13-16H,1-3,5-12H2/t13?,14?,15?,16-,18?/m0/s1. The number of nitrogens with zero attached hydrogens (tertiary/aromatic N) is 2. The maximum Gasteiger partial charge on any atom is 0.248 e. The summed E-state index contributed by atoms with van der Waals surface area (Å²) in [6, 6.07) is 2.15. The van der Waals surface area contributed by atoms with E-state index >= 15 is 0 Å². The fraction of sp³-hybridized carbons (Fsp3) is 0.895. The van der Waals surface area contributed by atoms with Gasteiger partial charge in [0.15, 0.2) is 0 Å². The quantitative estimate of drug-likeness (QED) is 0.775. The second-order valence-corrected chi connectivity index (χ2v) is 8.84. The van der Waals surface area contributed by atoms with Crippen molar-refractivity contribution in [2.75, 3.05) is 6.54 Å². The van der Waals surface area contributed by atoms with Crippen LogP contribution >= 0.6 is 0 Å². The Balaban J connectivity index is 1.58. The number of alkyl halides is 2. The summed E-state index contributed by atoms with van der Waals surface area (Å²) in [5, 5.41) is 9.02. The molecule has 0 saturated heterocycles. The van der Waals surface area contributed by atoms with Crippen molar-refractivity contribution >= 4 is 5.91 Å². The minimum atomic E-state index is -2.69. The molecule has 5 fully saturated rings. The molecule has 0 aromatic heterocycles. The SMILES string of the molecule is N#CCCN(C(=O)[C@H]1CCC(F)(F)C1)C12CC3CC(CC(C3)C1)C2. The number of carbonyl (C=O) groups is 1. The highest BCUT2D eigenvalue weighted by molar-refractivity contribution is 5.80. The van der Waals surface area contributed by atoms with E-state index in [0.717, 1.165) is 19.3 Å². The average Bonchev–Trinajstić information content (AvgIpc) is 2.86. The van der Waals surface area contributed by atoms with Gasteiger partial charge in [-0.25, -0.2) is 8.78 Å². The van der Waals surface area contributed by atoms with Crippen molar-refractivity contribution in [1.82, 2.24) is 4.90 Å². The van der Waals surface area contributed by atoms with E-state index in [9.17, 15) is 13.6 Å². The molecule has 0 unspecified atom stereocenters. The molecule has 1 amide bonds. The van der Waals surface area contributed by atoms with Crippen molar-refractivity contribution in [3.05, 3.63) is 0 Å². The highest BCUT2D eigenvalue weighted by atomic mass is 19.3. The third-order valence-corrected chi connectivity index (χ3v) is 7.04. The number of rotatable bonds is 4. The van der Waals surface area contributed by atoms with Crippen LogP contribution in [0.2, 0.25) is 0 Å². The Labute approximate surface area is 142 Å². The van der Waals surface area contributed by atoms with Crippen molar-refractivity contribution in [3.8, 4) is 6.07 Å². The monoisotopic (exact) mass is 336 g/mol. The molecule has 5 heteroatoms. The molecule has 0 spiro atoms. The predicted octanol–water partition coefficient (Wildman–Crippen LogP) is 4.13. The van der Waals surface area contributed by atoms with Crippen LogP contribution in [-0.4, -0.2) is 28.8 Å². The van der Waals surface area contributed by atoms with E-state index in [4.69, 9.17) is 5.26 Å². The summed E-state index contributed by atoms with van der Waals surface area (Å²) >= 11 is 0. The van der Waals surface area contributed by atoms with E-state index in [1.54, 1.807) is 0 Å². The van der Waals surface area contributed by atoms with Crippen molar-refractivity contribution in [3.63, 3.8) is 0 Å². The third-order valence-electron chi connectivity index (χ3n) is 7.04. The Morgan fingerprint density at radius 1 is 1.08 bits per heavy atom. The summed E-state index contributed by atoms with van der Waals surface area (Å²) in [7, 11) is 0. The van der Waals surface area contributed by atoms with Crippen molar-refractivity contribution in [1.29, 1.82) is 5.26 Å². The lowest BCUT2D eigenvalue weighted by molar-refractivity contribution is -0.155. The van der Waals surface area contributed by atoms with Crippen LogP contribution in [0, 0.1) is 35.0 Å². The van der Waals surface area contributed by atoms with Gasteiger partial charge in [0.1, 0.15) is 0 Å². The smallest absolute Gasteiger partial charge is 0.248 e. The van der Waals surface area contributed by atoms with E-state index in [1.165, 1.54) is 19.3 Å². The Kier molecular flexibility index (Phi) is 3.85. The van der Waals surface area contributed by atoms with Crippen molar-refractivity contribution in [2.24, 2.45) is 23.7 Å². The van der Waals surface area contributed by atoms with E-state index in [0.29, 0.717) is 37.1 Å². The molecule has 0 heterocycles. The van der Waals surface area contributed by atoms with Gasteiger partial charge in [0, 0.05) is 30.8 Å². The van der Waals surface area contributed by atoms with E-state index < -0.39 is 11.8 Å². The highest BCUT2D eigenvalue weighted by Crippen LogP contribution is 2.58. The molecular formula is C19H26F2N2O. The van der Waals surface area contributed by atoms with Gasteiger partial charge in [-0.1, -0.05) is 0 Å². The largest absolute Gasteiger partial charge is 0.336 e. The molecule has 5 aliphatic carbocycles. The number of hydrogen-bond acceptors (Lipinski definition) is 2. The fourth-order valence-electron chi connectivity index (χ4n) is 6.52. The van der Waals surface area contributed by atoms with Gasteiger partial charge in [-0.3, -0.25) is 4.79 Å². The average molecular weight is 336 g/mol. The first-order valence-corrected chi connectivity index (χ1v) is 9.47. The van der Waals surface area contributed by atoms with Crippen molar-refractivity contribution < 1.29 is 13.6 Å². The predicted molar refractivity (Wildman–Crippen MR) is 85.1 cm³/mol. The molecule has 5 aliphatic rings. The molecular weight excluding hydrogens is 310 g/mol. The Bertz CT molecular complexity index is 533. The lowest BCUT2D eigenvalue weighted by Gasteiger charge is -2.60. The maximum atomic E-state index is 13.6. The van der Waals surface area contributed by atoms with Gasteiger partial charge in [0.25, 0.3) is 0 Å². The zero-order chi connectivity index (χ0) is 16.9. The molecule has 4 bridgehead atoms. The Hall–Kier alpha value is -1.18. The van der Waals surface area contributed by atoms with Crippen LogP contribution in [0.3, 0.4) is 0 Å². The molecule has 132 valence electrons. The molecule has 5 rings (SSSR count). The summed E-state index contributed by atoms with van der Waals surface area (Å²) in [5.41, 5.74) is -0.138. The third kappa shape index (κ3) is 2.72. The van der Waals surface area contributed by atoms with Crippen LogP contribution < -0.4 is 0 Å². The minimum Gasteiger partial charge on any atom is -0.336 e. The van der Waals surface area contributed by atoms with Crippen LogP contribution in [-0.2, 0) is 4.79 Å². The van der Waals surface area contributed by atoms with Gasteiger partial charge in [-0.05, 0) is 62.7 Å². The number of carbonyl (C=O) groups excluding carboxylic acids is 1. The van der Waals surface area contributed by atoms with E-state index in [-0.39, 0.29) is 24.3 Å². The summed E-state index contributed by atoms with van der Waals surface area (Å²) < 4.78 is 27.2. The first-order valence-electron chi connectivity index (χ1n) is 9.47. The molecule has 5 saturated carbocycles. The lowest BCUT2D eigenvalue weighted by atomic mass is 9.52. The molecule has 0 radical (unpaired) electrons. The molecule has 24 heavy (non-hydrogen) atoms. The molecule has 0 N–H and O–H groups in total. The number of amides is 1. The van der Waals surface area contributed by atoms with Gasteiger partial charge in [-0.2, -0.15) is 5.26 Å². The molecule has 3 nitrogen and oxygen atoms in total. The summed E-state index contributed by atoms with van der Waals surface area (Å²) in [5.74, 6) is -1.25. The summed E-state index contributed by atoms with van der Waals surface area (Å²) in [6.07, 6.45) is 7.04. The van der Waals surface area contributed by atoms with Crippen molar-refractivity contribution in [2.45, 2.75) is 75.7 Å². The normalized spacial score (nSPS) is 42.0. The van der Waals surface area contributed by atoms with E-state index in [2.05, 4.69) is 6.07 Å². The zero-order valence-electron chi connectivity index (χ0n) is 14.1. The maximum absolute atomic E-state index is 13.6. The van der Waals surface area contributed by atoms with Gasteiger partial charge < -0.3 is 4.90 Å². The molecule has 0 aromatic carbocycles. The van der Waals surface area contributed by atoms with Crippen LogP contribution in [0.15, 0.2) is 0 Å². The summed E-state index contributed by atoms with van der Waals surface area (Å²) in [4.78, 5) is 15.0. The molecule has 0 aliphatic heterocycles. The Morgan fingerprint density at radius 3 is 2.12 bits per heavy atom. The second-order valence-electron chi connectivity index (χ2n) is 8.84. The van der Waals surface area contributed by atoms with Crippen LogP contribution in [0.25, 0.3) is 0 Å². The molecule has 0 aromatic rings. The van der Waals surface area contributed by atoms with Gasteiger partial charge in [0.05, 0.1) is 12.5 Å². The zero-order valence-corrected chi connectivity index (χ0v) is 14.1.